The Hall–Kier alpha value is -3.01. The van der Waals surface area contributed by atoms with Gasteiger partial charge in [0.05, 0.1) is 10.9 Å². The molecule has 0 bridgehead atoms. The smallest absolute Gasteiger partial charge is 0.274 e. The summed E-state index contributed by atoms with van der Waals surface area (Å²) in [4.78, 5) is 32.7. The lowest BCUT2D eigenvalue weighted by Gasteiger charge is -2.40. The summed E-state index contributed by atoms with van der Waals surface area (Å²) in [6.07, 6.45) is 4.93. The van der Waals surface area contributed by atoms with Crippen molar-refractivity contribution in [1.82, 2.24) is 34.8 Å². The molecule has 29 heavy (non-hydrogen) atoms. The van der Waals surface area contributed by atoms with Crippen molar-refractivity contribution in [2.75, 3.05) is 13.1 Å². The molecule has 0 aromatic carbocycles. The standard InChI is InChI=1S/C19H21N7O2S/c1-24-7-4-13(23-24)18(28)25-8-5-19(11-25)6-9-26-16(20-12-21-26)15(19)22-17(27)14-3-2-10-29-14/h2-4,7,10,12,15H,5-6,8-9,11H2,1H3,(H,22,27). The molecule has 2 atom stereocenters. The fourth-order valence-electron chi connectivity index (χ4n) is 4.44. The van der Waals surface area contributed by atoms with Gasteiger partial charge in [-0.25, -0.2) is 9.67 Å². The van der Waals surface area contributed by atoms with Gasteiger partial charge in [0.1, 0.15) is 17.8 Å². The summed E-state index contributed by atoms with van der Waals surface area (Å²) in [7, 11) is 1.80. The lowest BCUT2D eigenvalue weighted by atomic mass is 9.74. The number of aromatic nitrogens is 5. The maximum atomic E-state index is 12.9. The summed E-state index contributed by atoms with van der Waals surface area (Å²) in [5, 5.41) is 13.6. The Bertz CT molecular complexity index is 1060. The Labute approximate surface area is 171 Å². The second-order valence-electron chi connectivity index (χ2n) is 7.69. The van der Waals surface area contributed by atoms with Gasteiger partial charge in [0.15, 0.2) is 0 Å². The second kappa shape index (κ2) is 6.80. The molecule has 150 valence electrons. The van der Waals surface area contributed by atoms with Crippen LogP contribution in [0.25, 0.3) is 0 Å². The quantitative estimate of drug-likeness (QED) is 0.704. The van der Waals surface area contributed by atoms with Crippen LogP contribution in [0.3, 0.4) is 0 Å². The Morgan fingerprint density at radius 1 is 1.28 bits per heavy atom. The van der Waals surface area contributed by atoms with Gasteiger partial charge in [-0.3, -0.25) is 14.3 Å². The second-order valence-corrected chi connectivity index (χ2v) is 8.64. The molecule has 2 aliphatic rings. The largest absolute Gasteiger partial charge is 0.341 e. The Kier molecular flexibility index (Phi) is 4.23. The Balaban J connectivity index is 1.43. The maximum absolute atomic E-state index is 12.9. The average molecular weight is 411 g/mol. The third-order valence-corrected chi connectivity index (χ3v) is 6.83. The average Bonchev–Trinajstić information content (AvgIpc) is 3.51. The van der Waals surface area contributed by atoms with Crippen LogP contribution >= 0.6 is 11.3 Å². The summed E-state index contributed by atoms with van der Waals surface area (Å²) in [6, 6.07) is 5.11. The first-order valence-electron chi connectivity index (χ1n) is 9.57. The van der Waals surface area contributed by atoms with E-state index in [1.165, 1.54) is 17.7 Å². The molecule has 0 radical (unpaired) electrons. The zero-order valence-electron chi connectivity index (χ0n) is 16.0. The molecule has 1 N–H and O–H groups in total. The number of fused-ring (bicyclic) bond motifs is 1. The number of hydrogen-bond acceptors (Lipinski definition) is 6. The van der Waals surface area contributed by atoms with E-state index in [4.69, 9.17) is 0 Å². The topological polar surface area (TPSA) is 97.9 Å². The molecule has 1 saturated heterocycles. The number of thiophene rings is 1. The van der Waals surface area contributed by atoms with Crippen LogP contribution in [-0.2, 0) is 13.6 Å². The number of hydrogen-bond donors (Lipinski definition) is 1. The van der Waals surface area contributed by atoms with Gasteiger partial charge in [0.25, 0.3) is 11.8 Å². The summed E-state index contributed by atoms with van der Waals surface area (Å²) in [6.45, 7) is 1.92. The van der Waals surface area contributed by atoms with Crippen molar-refractivity contribution in [3.05, 3.63) is 52.5 Å². The molecule has 2 aliphatic heterocycles. The van der Waals surface area contributed by atoms with Crippen LogP contribution in [0.5, 0.6) is 0 Å². The van der Waals surface area contributed by atoms with Crippen molar-refractivity contribution in [1.29, 1.82) is 0 Å². The van der Waals surface area contributed by atoms with Crippen LogP contribution in [0.15, 0.2) is 36.1 Å². The zero-order valence-corrected chi connectivity index (χ0v) is 16.8. The van der Waals surface area contributed by atoms with Crippen molar-refractivity contribution >= 4 is 23.2 Å². The predicted molar refractivity (Wildman–Crippen MR) is 105 cm³/mol. The van der Waals surface area contributed by atoms with Gasteiger partial charge in [0, 0.05) is 38.3 Å². The zero-order chi connectivity index (χ0) is 20.0. The van der Waals surface area contributed by atoms with Gasteiger partial charge < -0.3 is 10.2 Å². The summed E-state index contributed by atoms with van der Waals surface area (Å²) in [5.41, 5.74) is 0.183. The highest BCUT2D eigenvalue weighted by atomic mass is 32.1. The van der Waals surface area contributed by atoms with Gasteiger partial charge >= 0.3 is 0 Å². The minimum atomic E-state index is -0.296. The van der Waals surface area contributed by atoms with Gasteiger partial charge in [-0.15, -0.1) is 11.3 Å². The fourth-order valence-corrected chi connectivity index (χ4v) is 5.07. The molecule has 5 rings (SSSR count). The van der Waals surface area contributed by atoms with Crippen LogP contribution in [0.4, 0.5) is 0 Å². The van der Waals surface area contributed by atoms with Gasteiger partial charge in [-0.2, -0.15) is 10.2 Å². The molecule has 10 heteroatoms. The Morgan fingerprint density at radius 3 is 2.90 bits per heavy atom. The summed E-state index contributed by atoms with van der Waals surface area (Å²) < 4.78 is 3.49. The van der Waals surface area contributed by atoms with Crippen LogP contribution in [0.2, 0.25) is 0 Å². The van der Waals surface area contributed by atoms with E-state index in [0.29, 0.717) is 23.7 Å². The van der Waals surface area contributed by atoms with E-state index in [1.54, 1.807) is 24.0 Å². The molecule has 3 aromatic rings. The third kappa shape index (κ3) is 3.03. The van der Waals surface area contributed by atoms with Crippen molar-refractivity contribution in [2.45, 2.75) is 25.4 Å². The van der Waals surface area contributed by atoms with Crippen molar-refractivity contribution in [3.63, 3.8) is 0 Å². The van der Waals surface area contributed by atoms with E-state index in [2.05, 4.69) is 20.5 Å². The molecular formula is C19H21N7O2S. The minimum absolute atomic E-state index is 0.0714. The van der Waals surface area contributed by atoms with Gasteiger partial charge in [0.2, 0.25) is 0 Å². The molecule has 1 spiro atoms. The predicted octanol–water partition coefficient (Wildman–Crippen LogP) is 1.48. The highest BCUT2D eigenvalue weighted by Crippen LogP contribution is 2.47. The number of rotatable bonds is 3. The van der Waals surface area contributed by atoms with E-state index in [9.17, 15) is 9.59 Å². The molecule has 0 saturated carbocycles. The van der Waals surface area contributed by atoms with Crippen LogP contribution in [0.1, 0.15) is 44.9 Å². The number of likely N-dealkylation sites (tertiary alicyclic amines) is 1. The van der Waals surface area contributed by atoms with Crippen molar-refractivity contribution in [3.8, 4) is 0 Å². The summed E-state index contributed by atoms with van der Waals surface area (Å²) >= 11 is 1.41. The lowest BCUT2D eigenvalue weighted by molar-refractivity contribution is 0.0697. The number of nitrogens with one attached hydrogen (secondary N) is 1. The number of aryl methyl sites for hydroxylation is 2. The van der Waals surface area contributed by atoms with Crippen molar-refractivity contribution < 1.29 is 9.59 Å². The lowest BCUT2D eigenvalue weighted by Crippen LogP contribution is -2.48. The first kappa shape index (κ1) is 18.0. The van der Waals surface area contributed by atoms with Crippen LogP contribution in [0, 0.1) is 5.41 Å². The Morgan fingerprint density at radius 2 is 2.14 bits per heavy atom. The SMILES string of the molecule is Cn1ccc(C(=O)N2CCC3(CCn4ncnc4C3NC(=O)c3cccs3)C2)n1. The first-order valence-corrected chi connectivity index (χ1v) is 10.4. The molecule has 2 unspecified atom stereocenters. The third-order valence-electron chi connectivity index (χ3n) is 5.96. The number of carbonyl (C=O) groups excluding carboxylic acids is 2. The van der Waals surface area contributed by atoms with Crippen LogP contribution < -0.4 is 5.32 Å². The monoisotopic (exact) mass is 411 g/mol. The first-order chi connectivity index (χ1) is 14.1. The normalized spacial score (nSPS) is 23.3. The molecule has 3 aromatic heterocycles. The number of amides is 2. The van der Waals surface area contributed by atoms with E-state index in [0.717, 1.165) is 25.2 Å². The molecular weight excluding hydrogens is 390 g/mol. The minimum Gasteiger partial charge on any atom is -0.341 e. The highest BCUT2D eigenvalue weighted by Gasteiger charge is 2.51. The van der Waals surface area contributed by atoms with Crippen LogP contribution in [-0.4, -0.2) is 54.3 Å². The van der Waals surface area contributed by atoms with E-state index in [-0.39, 0.29) is 23.3 Å². The van der Waals surface area contributed by atoms with Gasteiger partial charge in [-0.05, 0) is 30.4 Å². The molecule has 5 heterocycles. The van der Waals surface area contributed by atoms with Crippen molar-refractivity contribution in [2.24, 2.45) is 12.5 Å². The van der Waals surface area contributed by atoms with E-state index in [1.807, 2.05) is 27.1 Å². The molecule has 2 amide bonds. The molecule has 1 fully saturated rings. The molecule has 0 aliphatic carbocycles. The molecule has 9 nitrogen and oxygen atoms in total. The fraction of sp³-hybridized carbons (Fsp3) is 0.421. The summed E-state index contributed by atoms with van der Waals surface area (Å²) in [5.74, 6) is 0.571. The number of carbonyl (C=O) groups is 2. The number of nitrogens with zero attached hydrogens (tertiary/aromatic N) is 6. The van der Waals surface area contributed by atoms with E-state index >= 15 is 0 Å². The maximum Gasteiger partial charge on any atom is 0.274 e. The van der Waals surface area contributed by atoms with E-state index < -0.39 is 0 Å². The van der Waals surface area contributed by atoms with Gasteiger partial charge in [-0.1, -0.05) is 6.07 Å². The highest BCUT2D eigenvalue weighted by molar-refractivity contribution is 7.12.